The van der Waals surface area contributed by atoms with Gasteiger partial charge in [-0.15, -0.1) is 0 Å². The molecule has 0 bridgehead atoms. The second-order valence-corrected chi connectivity index (χ2v) is 3.43. The zero-order chi connectivity index (χ0) is 15.0. The second-order valence-electron chi connectivity index (χ2n) is 3.43. The van der Waals surface area contributed by atoms with Crippen LogP contribution in [-0.2, 0) is 14.3 Å². The fourth-order valence-corrected chi connectivity index (χ4v) is 1.03. The van der Waals surface area contributed by atoms with E-state index in [-0.39, 0.29) is 23.2 Å². The number of ether oxygens (including phenoxy) is 1. The van der Waals surface area contributed by atoms with Gasteiger partial charge in [-0.1, -0.05) is 6.58 Å². The van der Waals surface area contributed by atoms with Crippen molar-refractivity contribution in [3.8, 4) is 0 Å². The van der Waals surface area contributed by atoms with Crippen molar-refractivity contribution in [2.75, 3.05) is 0 Å². The molecule has 7 nitrogen and oxygen atoms in total. The van der Waals surface area contributed by atoms with Gasteiger partial charge in [0.2, 0.25) is 5.78 Å². The van der Waals surface area contributed by atoms with Crippen LogP contribution in [0, 0.1) is 5.41 Å². The molecule has 0 atom stereocenters. The van der Waals surface area contributed by atoms with E-state index in [4.69, 9.17) is 11.1 Å². The van der Waals surface area contributed by atoms with E-state index in [1.807, 2.05) is 0 Å². The lowest BCUT2D eigenvalue weighted by Crippen LogP contribution is -2.33. The quantitative estimate of drug-likeness (QED) is 0.388. The van der Waals surface area contributed by atoms with Gasteiger partial charge in [-0.3, -0.25) is 9.59 Å². The summed E-state index contributed by atoms with van der Waals surface area (Å²) in [4.78, 5) is 31.4. The third-order valence-corrected chi connectivity index (χ3v) is 1.83. The van der Waals surface area contributed by atoms with Gasteiger partial charge in [-0.05, 0) is 24.6 Å². The van der Waals surface area contributed by atoms with Crippen molar-refractivity contribution in [2.45, 2.75) is 13.8 Å². The smallest absolute Gasteiger partial charge is 0.316 e. The summed E-state index contributed by atoms with van der Waals surface area (Å²) in [5.41, 5.74) is 5.64. The molecule has 0 heterocycles. The molecule has 1 aliphatic rings. The van der Waals surface area contributed by atoms with Crippen LogP contribution in [0.2, 0.25) is 0 Å². The Bertz CT molecular complexity index is 489. The molecule has 19 heavy (non-hydrogen) atoms. The van der Waals surface area contributed by atoms with Crippen molar-refractivity contribution in [1.29, 1.82) is 5.41 Å². The fourth-order valence-electron chi connectivity index (χ4n) is 1.03. The summed E-state index contributed by atoms with van der Waals surface area (Å²) < 4.78 is 4.17. The predicted molar refractivity (Wildman–Crippen MR) is 69.3 cm³/mol. The fraction of sp³-hybridized carbons (Fsp3) is 0.167. The maximum Gasteiger partial charge on any atom is 0.316 e. The number of rotatable bonds is 2. The molecule has 0 fully saturated rings. The molecule has 0 aromatic carbocycles. The van der Waals surface area contributed by atoms with Crippen LogP contribution in [0.15, 0.2) is 36.3 Å². The van der Waals surface area contributed by atoms with Crippen molar-refractivity contribution in [2.24, 2.45) is 5.73 Å². The van der Waals surface area contributed by atoms with E-state index in [0.29, 0.717) is 5.57 Å². The standard InChI is InChI=1S/C8H9N3O2.C4H6O2/c1-4-2-7(12)6(3-5(4)9)11-8(10)13;1-3-6-4(2)5/h2-3,9H,1H3,(H3,10,11,13);3H,1H2,2H3. The Balaban J connectivity index is 0.000000459. The average molecular weight is 265 g/mol. The van der Waals surface area contributed by atoms with E-state index in [9.17, 15) is 14.4 Å². The molecule has 4 N–H and O–H groups in total. The third kappa shape index (κ3) is 6.57. The number of primary amides is 1. The lowest BCUT2D eigenvalue weighted by molar-refractivity contribution is -0.135. The van der Waals surface area contributed by atoms with E-state index in [1.165, 1.54) is 19.1 Å². The summed E-state index contributed by atoms with van der Waals surface area (Å²) in [6.07, 6.45) is 3.67. The number of ketones is 1. The first-order chi connectivity index (χ1) is 8.77. The van der Waals surface area contributed by atoms with Crippen molar-refractivity contribution in [3.63, 3.8) is 0 Å². The number of carbonyl (C=O) groups is 3. The van der Waals surface area contributed by atoms with Crippen molar-refractivity contribution in [1.82, 2.24) is 5.32 Å². The van der Waals surface area contributed by atoms with Gasteiger partial charge in [-0.25, -0.2) is 4.79 Å². The van der Waals surface area contributed by atoms with Crippen LogP contribution in [0.4, 0.5) is 4.79 Å². The van der Waals surface area contributed by atoms with Crippen LogP contribution in [0.5, 0.6) is 0 Å². The highest BCUT2D eigenvalue weighted by Crippen LogP contribution is 2.08. The summed E-state index contributed by atoms with van der Waals surface area (Å²) in [6.45, 7) is 6.13. The van der Waals surface area contributed by atoms with Gasteiger partial charge < -0.3 is 21.2 Å². The van der Waals surface area contributed by atoms with Crippen molar-refractivity contribution < 1.29 is 19.1 Å². The molecule has 1 rings (SSSR count). The molecule has 1 aliphatic carbocycles. The Morgan fingerprint density at radius 3 is 2.42 bits per heavy atom. The number of hydrogen-bond donors (Lipinski definition) is 3. The van der Waals surface area contributed by atoms with E-state index in [0.717, 1.165) is 6.26 Å². The summed E-state index contributed by atoms with van der Waals surface area (Å²) in [7, 11) is 0. The second kappa shape index (κ2) is 7.59. The van der Waals surface area contributed by atoms with Gasteiger partial charge >= 0.3 is 12.0 Å². The Hall–Kier alpha value is -2.70. The average Bonchev–Trinajstić information content (AvgIpc) is 2.26. The highest BCUT2D eigenvalue weighted by Gasteiger charge is 2.15. The lowest BCUT2D eigenvalue weighted by Gasteiger charge is -2.10. The SMILES string of the molecule is C=COC(C)=O.CC1=CC(=O)C(NC(N)=O)=CC1=N. The number of amides is 2. The number of carbonyl (C=O) groups excluding carboxylic acids is 3. The first-order valence-electron chi connectivity index (χ1n) is 5.15. The Labute approximate surface area is 110 Å². The molecular formula is C12H15N3O4. The van der Waals surface area contributed by atoms with Crippen LogP contribution in [0.3, 0.4) is 0 Å². The first-order valence-corrected chi connectivity index (χ1v) is 5.15. The van der Waals surface area contributed by atoms with Gasteiger partial charge in [0.15, 0.2) is 0 Å². The molecule has 0 saturated carbocycles. The van der Waals surface area contributed by atoms with E-state index in [1.54, 1.807) is 6.92 Å². The minimum absolute atomic E-state index is 0.0445. The molecule has 0 saturated heterocycles. The zero-order valence-corrected chi connectivity index (χ0v) is 10.6. The summed E-state index contributed by atoms with van der Waals surface area (Å²) in [5.74, 6) is -0.669. The molecule has 0 unspecified atom stereocenters. The summed E-state index contributed by atoms with van der Waals surface area (Å²) in [5, 5.41) is 9.52. The molecule has 0 spiro atoms. The van der Waals surface area contributed by atoms with E-state index < -0.39 is 6.03 Å². The maximum atomic E-state index is 11.2. The number of allylic oxidation sites excluding steroid dienone is 3. The topological polar surface area (TPSA) is 122 Å². The molecule has 0 aromatic rings. The number of nitrogens with one attached hydrogen (secondary N) is 2. The Morgan fingerprint density at radius 2 is 2.05 bits per heavy atom. The highest BCUT2D eigenvalue weighted by molar-refractivity contribution is 6.21. The van der Waals surface area contributed by atoms with Gasteiger partial charge in [0.25, 0.3) is 0 Å². The molecule has 102 valence electrons. The van der Waals surface area contributed by atoms with Crippen molar-refractivity contribution in [3.05, 3.63) is 36.3 Å². The van der Waals surface area contributed by atoms with Gasteiger partial charge in [0.05, 0.1) is 17.7 Å². The Morgan fingerprint density at radius 1 is 1.47 bits per heavy atom. The van der Waals surface area contributed by atoms with Gasteiger partial charge in [-0.2, -0.15) is 0 Å². The zero-order valence-electron chi connectivity index (χ0n) is 10.6. The largest absolute Gasteiger partial charge is 0.435 e. The number of nitrogens with two attached hydrogens (primary N) is 1. The summed E-state index contributed by atoms with van der Waals surface area (Å²) >= 11 is 0. The van der Waals surface area contributed by atoms with E-state index in [2.05, 4.69) is 16.6 Å². The molecule has 7 heteroatoms. The number of urea groups is 1. The van der Waals surface area contributed by atoms with Crippen LogP contribution in [0.1, 0.15) is 13.8 Å². The van der Waals surface area contributed by atoms with Gasteiger partial charge in [0.1, 0.15) is 0 Å². The predicted octanol–water partition coefficient (Wildman–Crippen LogP) is 0.780. The minimum atomic E-state index is -0.805. The van der Waals surface area contributed by atoms with Crippen molar-refractivity contribution >= 4 is 23.5 Å². The first kappa shape index (κ1) is 16.3. The van der Waals surface area contributed by atoms with Crippen LogP contribution < -0.4 is 11.1 Å². The molecule has 0 radical (unpaired) electrons. The molecule has 2 amide bonds. The number of esters is 1. The molecule has 0 aromatic heterocycles. The Kier molecular flexibility index (Phi) is 6.51. The maximum absolute atomic E-state index is 11.2. The lowest BCUT2D eigenvalue weighted by atomic mass is 10.0. The monoisotopic (exact) mass is 265 g/mol. The molecule has 0 aliphatic heterocycles. The van der Waals surface area contributed by atoms with Crippen LogP contribution in [0.25, 0.3) is 0 Å². The normalized spacial score (nSPS) is 13.4. The van der Waals surface area contributed by atoms with E-state index >= 15 is 0 Å². The highest BCUT2D eigenvalue weighted by atomic mass is 16.5. The summed E-state index contributed by atoms with van der Waals surface area (Å²) in [6, 6.07) is -0.805. The van der Waals surface area contributed by atoms with Crippen LogP contribution in [-0.4, -0.2) is 23.5 Å². The minimum Gasteiger partial charge on any atom is -0.435 e. The van der Waals surface area contributed by atoms with Crippen LogP contribution >= 0.6 is 0 Å². The number of hydrogen-bond acceptors (Lipinski definition) is 5. The molecular weight excluding hydrogens is 250 g/mol. The van der Waals surface area contributed by atoms with Gasteiger partial charge in [0, 0.05) is 6.92 Å². The third-order valence-electron chi connectivity index (χ3n) is 1.83.